The van der Waals surface area contributed by atoms with Crippen molar-refractivity contribution in [2.24, 2.45) is 0 Å². The van der Waals surface area contributed by atoms with Crippen LogP contribution >= 0.6 is 0 Å². The number of carbonyl (C=O) groups is 1. The van der Waals surface area contributed by atoms with Crippen LogP contribution in [0.15, 0.2) is 53.6 Å². The maximum atomic E-state index is 12.9. The van der Waals surface area contributed by atoms with E-state index in [0.717, 1.165) is 35.1 Å². The minimum absolute atomic E-state index is 0.0499. The zero-order valence-electron chi connectivity index (χ0n) is 15.6. The molecule has 0 radical (unpaired) electrons. The van der Waals surface area contributed by atoms with Gasteiger partial charge in [-0.05, 0) is 49.6 Å². The lowest BCUT2D eigenvalue weighted by atomic mass is 10.0. The molecular weight excluding hydrogens is 354 g/mol. The van der Waals surface area contributed by atoms with Crippen molar-refractivity contribution in [1.29, 1.82) is 0 Å². The predicted octanol–water partition coefficient (Wildman–Crippen LogP) is 2.76. The number of hydrogen-bond acceptors (Lipinski definition) is 3. The number of pyridine rings is 1. The van der Waals surface area contributed by atoms with Gasteiger partial charge in [0.2, 0.25) is 0 Å². The number of para-hydroxylation sites is 2. The molecule has 0 spiro atoms. The number of piperidine rings is 1. The second-order valence-corrected chi connectivity index (χ2v) is 7.44. The third-order valence-electron chi connectivity index (χ3n) is 5.58. The third kappa shape index (κ3) is 2.70. The molecule has 0 bridgehead atoms. The molecule has 1 saturated heterocycles. The Morgan fingerprint density at radius 1 is 1.18 bits per heavy atom. The number of likely N-dealkylation sites (tertiary alicyclic amines) is 1. The van der Waals surface area contributed by atoms with E-state index in [0.29, 0.717) is 18.8 Å². The third-order valence-corrected chi connectivity index (χ3v) is 5.58. The van der Waals surface area contributed by atoms with Crippen LogP contribution in [0.1, 0.15) is 34.9 Å². The van der Waals surface area contributed by atoms with Gasteiger partial charge in [-0.15, -0.1) is 0 Å². The van der Waals surface area contributed by atoms with Crippen LogP contribution < -0.4 is 5.69 Å². The van der Waals surface area contributed by atoms with E-state index in [4.69, 9.17) is 0 Å². The summed E-state index contributed by atoms with van der Waals surface area (Å²) in [6.07, 6.45) is 5.21. The Morgan fingerprint density at radius 2 is 1.96 bits per heavy atom. The van der Waals surface area contributed by atoms with Crippen LogP contribution in [0.25, 0.3) is 16.7 Å². The lowest BCUT2D eigenvalue weighted by Gasteiger charge is -2.32. The number of H-pyrrole nitrogens is 1. The van der Waals surface area contributed by atoms with Crippen LogP contribution in [-0.2, 0) is 0 Å². The molecule has 1 aromatic carbocycles. The fraction of sp³-hybridized carbons (Fsp3) is 0.286. The van der Waals surface area contributed by atoms with E-state index < -0.39 is 0 Å². The summed E-state index contributed by atoms with van der Waals surface area (Å²) in [5.41, 5.74) is 4.06. The van der Waals surface area contributed by atoms with Gasteiger partial charge >= 0.3 is 5.69 Å². The van der Waals surface area contributed by atoms with Crippen molar-refractivity contribution >= 4 is 22.6 Å². The van der Waals surface area contributed by atoms with Crippen molar-refractivity contribution in [3.05, 3.63) is 70.5 Å². The summed E-state index contributed by atoms with van der Waals surface area (Å²) in [6, 6.07) is 11.8. The number of aromatic amines is 1. The Bertz CT molecular complexity index is 1240. The number of benzene rings is 1. The molecule has 7 heteroatoms. The average molecular weight is 375 g/mol. The minimum atomic E-state index is -0.0818. The highest BCUT2D eigenvalue weighted by atomic mass is 16.2. The van der Waals surface area contributed by atoms with Crippen molar-refractivity contribution in [3.63, 3.8) is 0 Å². The molecule has 0 unspecified atom stereocenters. The van der Waals surface area contributed by atoms with Gasteiger partial charge < -0.3 is 14.3 Å². The first kappa shape index (κ1) is 16.8. The number of nitrogens with zero attached hydrogens (tertiary/aromatic N) is 4. The van der Waals surface area contributed by atoms with E-state index in [2.05, 4.69) is 9.97 Å². The molecule has 142 valence electrons. The Labute approximate surface area is 161 Å². The zero-order valence-corrected chi connectivity index (χ0v) is 15.6. The summed E-state index contributed by atoms with van der Waals surface area (Å²) in [7, 11) is 0. The van der Waals surface area contributed by atoms with Crippen LogP contribution in [0.5, 0.6) is 0 Å². The highest BCUT2D eigenvalue weighted by Gasteiger charge is 2.27. The monoisotopic (exact) mass is 375 g/mol. The lowest BCUT2D eigenvalue weighted by Crippen LogP contribution is -2.40. The van der Waals surface area contributed by atoms with E-state index in [9.17, 15) is 9.59 Å². The molecule has 4 aromatic rings. The first-order valence-electron chi connectivity index (χ1n) is 9.54. The second-order valence-electron chi connectivity index (χ2n) is 7.44. The molecule has 3 aromatic heterocycles. The van der Waals surface area contributed by atoms with Crippen molar-refractivity contribution in [3.8, 4) is 0 Å². The predicted molar refractivity (Wildman–Crippen MR) is 107 cm³/mol. The van der Waals surface area contributed by atoms with Gasteiger partial charge in [-0.3, -0.25) is 9.36 Å². The van der Waals surface area contributed by atoms with Gasteiger partial charge in [-0.25, -0.2) is 9.78 Å². The van der Waals surface area contributed by atoms with Gasteiger partial charge in [0.15, 0.2) is 0 Å². The second kappa shape index (κ2) is 6.37. The number of nitrogens with one attached hydrogen (secondary N) is 1. The van der Waals surface area contributed by atoms with Crippen LogP contribution in [0.3, 0.4) is 0 Å². The van der Waals surface area contributed by atoms with E-state index in [1.807, 2.05) is 63.4 Å². The van der Waals surface area contributed by atoms with Gasteiger partial charge in [0, 0.05) is 31.5 Å². The molecule has 1 aliphatic heterocycles. The fourth-order valence-corrected chi connectivity index (χ4v) is 4.11. The quantitative estimate of drug-likeness (QED) is 0.585. The molecular formula is C21H21N5O2. The summed E-state index contributed by atoms with van der Waals surface area (Å²) in [5, 5.41) is 0. The molecule has 1 aliphatic rings. The zero-order chi connectivity index (χ0) is 19.3. The Hall–Kier alpha value is -3.35. The number of rotatable bonds is 2. The van der Waals surface area contributed by atoms with Gasteiger partial charge in [-0.1, -0.05) is 12.1 Å². The van der Waals surface area contributed by atoms with Crippen LogP contribution in [0.2, 0.25) is 0 Å². The number of amides is 1. The summed E-state index contributed by atoms with van der Waals surface area (Å²) < 4.78 is 3.71. The molecule has 1 N–H and O–H groups in total. The van der Waals surface area contributed by atoms with Gasteiger partial charge in [0.25, 0.3) is 5.91 Å². The van der Waals surface area contributed by atoms with Crippen LogP contribution in [-0.4, -0.2) is 42.8 Å². The first-order chi connectivity index (χ1) is 13.6. The number of imidazole rings is 2. The standard InChI is InChI=1S/C21H21N5O2/c1-14-6-9-25-13-17(22-19(25)12-14)20(27)24-10-7-15(8-11-24)26-18-5-3-2-4-16(18)23-21(26)28/h2-6,9,12-13,15H,7-8,10-11H2,1H3,(H,23,28). The lowest BCUT2D eigenvalue weighted by molar-refractivity contribution is 0.0689. The number of fused-ring (bicyclic) bond motifs is 2. The van der Waals surface area contributed by atoms with Gasteiger partial charge in [-0.2, -0.15) is 0 Å². The largest absolute Gasteiger partial charge is 0.337 e. The van der Waals surface area contributed by atoms with Crippen LogP contribution in [0, 0.1) is 6.92 Å². The maximum absolute atomic E-state index is 12.9. The van der Waals surface area contributed by atoms with Crippen molar-refractivity contribution in [2.75, 3.05) is 13.1 Å². The van der Waals surface area contributed by atoms with E-state index in [1.54, 1.807) is 6.20 Å². The molecule has 7 nitrogen and oxygen atoms in total. The Balaban J connectivity index is 1.35. The molecule has 4 heterocycles. The highest BCUT2D eigenvalue weighted by Crippen LogP contribution is 2.25. The first-order valence-corrected chi connectivity index (χ1v) is 9.54. The Kier molecular flexibility index (Phi) is 3.82. The average Bonchev–Trinajstić information content (AvgIpc) is 3.27. The van der Waals surface area contributed by atoms with E-state index >= 15 is 0 Å². The van der Waals surface area contributed by atoms with Crippen molar-refractivity contribution in [1.82, 2.24) is 23.8 Å². The highest BCUT2D eigenvalue weighted by molar-refractivity contribution is 5.93. The summed E-state index contributed by atoms with van der Waals surface area (Å²) in [4.78, 5) is 34.6. The molecule has 0 saturated carbocycles. The topological polar surface area (TPSA) is 75.4 Å². The molecule has 28 heavy (non-hydrogen) atoms. The number of aryl methyl sites for hydroxylation is 1. The number of aromatic nitrogens is 4. The van der Waals surface area contributed by atoms with E-state index in [1.165, 1.54) is 0 Å². The van der Waals surface area contributed by atoms with Crippen molar-refractivity contribution < 1.29 is 4.79 Å². The smallest absolute Gasteiger partial charge is 0.326 e. The molecule has 1 amide bonds. The summed E-state index contributed by atoms with van der Waals surface area (Å²) >= 11 is 0. The number of hydrogen-bond donors (Lipinski definition) is 1. The maximum Gasteiger partial charge on any atom is 0.326 e. The molecule has 0 atom stereocenters. The minimum Gasteiger partial charge on any atom is -0.337 e. The van der Waals surface area contributed by atoms with Gasteiger partial charge in [0.05, 0.1) is 11.0 Å². The van der Waals surface area contributed by atoms with Crippen LogP contribution in [0.4, 0.5) is 0 Å². The fourth-order valence-electron chi connectivity index (χ4n) is 4.11. The van der Waals surface area contributed by atoms with E-state index in [-0.39, 0.29) is 17.6 Å². The summed E-state index contributed by atoms with van der Waals surface area (Å²) in [6.45, 7) is 3.23. The summed E-state index contributed by atoms with van der Waals surface area (Å²) in [5.74, 6) is -0.0499. The van der Waals surface area contributed by atoms with Crippen molar-refractivity contribution in [2.45, 2.75) is 25.8 Å². The molecule has 5 rings (SSSR count). The molecule has 0 aliphatic carbocycles. The normalized spacial score (nSPS) is 15.5. The number of carbonyl (C=O) groups excluding carboxylic acids is 1. The molecule has 1 fully saturated rings. The van der Waals surface area contributed by atoms with Gasteiger partial charge in [0.1, 0.15) is 11.3 Å². The SMILES string of the molecule is Cc1ccn2cc(C(=O)N3CCC(n4c(=O)[nH]c5ccccc54)CC3)nc2c1. The Morgan fingerprint density at radius 3 is 2.79 bits per heavy atom.